The van der Waals surface area contributed by atoms with Crippen LogP contribution in [0.4, 0.5) is 5.82 Å². The summed E-state index contributed by atoms with van der Waals surface area (Å²) in [7, 11) is 0. The van der Waals surface area contributed by atoms with Gasteiger partial charge in [-0.05, 0) is 73.2 Å². The van der Waals surface area contributed by atoms with E-state index in [9.17, 15) is 9.59 Å². The van der Waals surface area contributed by atoms with Crippen molar-refractivity contribution in [1.82, 2.24) is 20.6 Å². The molecule has 2 aromatic heterocycles. The minimum atomic E-state index is -0.148. The Balaban J connectivity index is 1.53. The lowest BCUT2D eigenvalue weighted by atomic mass is 9.95. The number of aryl methyl sites for hydroxylation is 4. The number of nitrogens with two attached hydrogens (primary N) is 1. The average molecular weight is 456 g/mol. The molecule has 0 radical (unpaired) electrons. The summed E-state index contributed by atoms with van der Waals surface area (Å²) in [6.07, 6.45) is 3.43. The summed E-state index contributed by atoms with van der Waals surface area (Å²) in [6.45, 7) is 6.32. The maximum absolute atomic E-state index is 12.4. The van der Waals surface area contributed by atoms with Crippen LogP contribution in [0.1, 0.15) is 39.5 Å². The van der Waals surface area contributed by atoms with Gasteiger partial charge in [0.15, 0.2) is 5.82 Å². The number of amides is 2. The van der Waals surface area contributed by atoms with Gasteiger partial charge in [0, 0.05) is 42.5 Å². The zero-order chi connectivity index (χ0) is 24.2. The molecule has 0 spiro atoms. The average Bonchev–Trinajstić information content (AvgIpc) is 2.80. The van der Waals surface area contributed by atoms with Crippen molar-refractivity contribution in [3.63, 3.8) is 0 Å². The van der Waals surface area contributed by atoms with Crippen molar-refractivity contribution in [3.8, 4) is 0 Å². The Morgan fingerprint density at radius 3 is 2.47 bits per heavy atom. The van der Waals surface area contributed by atoms with Gasteiger partial charge in [-0.1, -0.05) is 18.2 Å². The lowest BCUT2D eigenvalue weighted by Gasteiger charge is -2.13. The Bertz CT molecular complexity index is 1400. The monoisotopic (exact) mass is 455 g/mol. The van der Waals surface area contributed by atoms with E-state index in [0.717, 1.165) is 45.8 Å². The van der Waals surface area contributed by atoms with Gasteiger partial charge in [-0.2, -0.15) is 0 Å². The fourth-order valence-electron chi connectivity index (χ4n) is 4.24. The van der Waals surface area contributed by atoms with Crippen molar-refractivity contribution in [2.75, 3.05) is 18.8 Å². The van der Waals surface area contributed by atoms with Crippen LogP contribution in [0.2, 0.25) is 0 Å². The first-order valence-corrected chi connectivity index (χ1v) is 11.4. The molecule has 0 saturated carbocycles. The van der Waals surface area contributed by atoms with Crippen molar-refractivity contribution in [3.05, 3.63) is 76.5 Å². The number of anilines is 1. The van der Waals surface area contributed by atoms with E-state index in [1.807, 2.05) is 44.2 Å². The van der Waals surface area contributed by atoms with Gasteiger partial charge in [-0.15, -0.1) is 0 Å². The number of nitrogens with one attached hydrogen (secondary N) is 2. The summed E-state index contributed by atoms with van der Waals surface area (Å²) in [5.41, 5.74) is 13.0. The molecule has 0 aliphatic rings. The maximum Gasteiger partial charge on any atom is 0.251 e. The lowest BCUT2D eigenvalue weighted by Crippen LogP contribution is -2.33. The number of fused-ring (bicyclic) bond motifs is 3. The highest BCUT2D eigenvalue weighted by Gasteiger charge is 2.13. The number of nitrogen functional groups attached to an aromatic ring is 1. The van der Waals surface area contributed by atoms with Crippen LogP contribution < -0.4 is 16.4 Å². The molecule has 4 aromatic rings. The third-order valence-electron chi connectivity index (χ3n) is 6.00. The summed E-state index contributed by atoms with van der Waals surface area (Å²) in [5, 5.41) is 7.60. The number of pyridine rings is 2. The van der Waals surface area contributed by atoms with Gasteiger partial charge in [-0.3, -0.25) is 14.6 Å². The third-order valence-corrected chi connectivity index (χ3v) is 6.00. The molecule has 0 unspecified atom stereocenters. The van der Waals surface area contributed by atoms with Crippen LogP contribution in [0.5, 0.6) is 0 Å². The number of aromatic nitrogens is 2. The molecule has 4 rings (SSSR count). The minimum absolute atomic E-state index is 0.113. The molecule has 0 bridgehead atoms. The van der Waals surface area contributed by atoms with E-state index >= 15 is 0 Å². The molecule has 2 aromatic carbocycles. The molecule has 0 aliphatic carbocycles. The number of carbonyl (C=O) groups excluding carboxylic acids is 2. The highest BCUT2D eigenvalue weighted by molar-refractivity contribution is 6.09. The topological polar surface area (TPSA) is 110 Å². The zero-order valence-electron chi connectivity index (χ0n) is 19.7. The molecule has 0 aliphatic heterocycles. The molecule has 2 heterocycles. The molecule has 4 N–H and O–H groups in total. The van der Waals surface area contributed by atoms with E-state index in [1.165, 1.54) is 18.1 Å². The minimum Gasteiger partial charge on any atom is -0.382 e. The van der Waals surface area contributed by atoms with Gasteiger partial charge in [0.2, 0.25) is 5.91 Å². The van der Waals surface area contributed by atoms with Crippen LogP contribution in [0.3, 0.4) is 0 Å². The number of nitrogens with zero attached hydrogens (tertiary/aromatic N) is 2. The largest absolute Gasteiger partial charge is 0.382 e. The predicted octanol–water partition coefficient (Wildman–Crippen LogP) is 3.63. The van der Waals surface area contributed by atoms with Gasteiger partial charge in [-0.25, -0.2) is 4.98 Å². The van der Waals surface area contributed by atoms with Gasteiger partial charge in [0.1, 0.15) is 5.52 Å². The van der Waals surface area contributed by atoms with Gasteiger partial charge in [0.05, 0.1) is 5.52 Å². The molecular formula is C27H29N5O2. The first-order valence-electron chi connectivity index (χ1n) is 11.4. The second kappa shape index (κ2) is 9.87. The summed E-state index contributed by atoms with van der Waals surface area (Å²) in [5.74, 6) is 0.184. The van der Waals surface area contributed by atoms with Crippen LogP contribution in [0, 0.1) is 13.8 Å². The molecule has 34 heavy (non-hydrogen) atoms. The van der Waals surface area contributed by atoms with E-state index < -0.39 is 0 Å². The molecule has 7 nitrogen and oxygen atoms in total. The smallest absolute Gasteiger partial charge is 0.251 e. The van der Waals surface area contributed by atoms with E-state index in [-0.39, 0.29) is 11.8 Å². The van der Waals surface area contributed by atoms with Crippen molar-refractivity contribution >= 4 is 39.4 Å². The molecule has 2 amide bonds. The molecule has 7 heteroatoms. The number of carbonyl (C=O) groups is 2. The maximum atomic E-state index is 12.4. The highest BCUT2D eigenvalue weighted by atomic mass is 16.2. The van der Waals surface area contributed by atoms with E-state index in [4.69, 9.17) is 5.73 Å². The van der Waals surface area contributed by atoms with Crippen molar-refractivity contribution in [2.45, 2.75) is 33.6 Å². The Hall–Kier alpha value is -4.00. The van der Waals surface area contributed by atoms with Crippen LogP contribution >= 0.6 is 0 Å². The Morgan fingerprint density at radius 2 is 1.71 bits per heavy atom. The lowest BCUT2D eigenvalue weighted by molar-refractivity contribution is -0.118. The number of benzene rings is 2. The first-order chi connectivity index (χ1) is 16.3. The summed E-state index contributed by atoms with van der Waals surface area (Å²) < 4.78 is 0. The summed E-state index contributed by atoms with van der Waals surface area (Å²) in [6, 6.07) is 14.0. The molecule has 0 atom stereocenters. The van der Waals surface area contributed by atoms with Gasteiger partial charge < -0.3 is 16.4 Å². The normalized spacial score (nSPS) is 11.0. The van der Waals surface area contributed by atoms with Crippen LogP contribution in [0.15, 0.2) is 48.7 Å². The summed E-state index contributed by atoms with van der Waals surface area (Å²) >= 11 is 0. The van der Waals surface area contributed by atoms with Gasteiger partial charge in [0.25, 0.3) is 5.91 Å². The Morgan fingerprint density at radius 1 is 0.941 bits per heavy atom. The quantitative estimate of drug-likeness (QED) is 0.291. The number of hydrogen-bond acceptors (Lipinski definition) is 5. The SMILES string of the molecule is CC(=O)NCCNC(=O)c1ccc(CCc2ccnc3c(N)nc4cc(C)ccc4c23)c(C)c1. The molecule has 0 saturated heterocycles. The fourth-order valence-corrected chi connectivity index (χ4v) is 4.24. The van der Waals surface area contributed by atoms with E-state index in [0.29, 0.717) is 24.5 Å². The second-order valence-electron chi connectivity index (χ2n) is 8.59. The predicted molar refractivity (Wildman–Crippen MR) is 136 cm³/mol. The second-order valence-corrected chi connectivity index (χ2v) is 8.59. The fraction of sp³-hybridized carbons (Fsp3) is 0.259. The number of hydrogen-bond donors (Lipinski definition) is 3. The molecular weight excluding hydrogens is 426 g/mol. The molecule has 174 valence electrons. The standard InChI is InChI=1S/C27H29N5O2/c1-16-4-9-22-23(14-16)32-26(28)25-24(22)20(10-11-30-25)7-5-19-6-8-21(15-17(19)2)27(34)31-13-12-29-18(3)33/h4,6,8-11,14-15H,5,7,12-13H2,1-3H3,(H2,28,32)(H,29,33)(H,31,34). The van der Waals surface area contributed by atoms with E-state index in [1.54, 1.807) is 6.20 Å². The van der Waals surface area contributed by atoms with Crippen molar-refractivity contribution in [1.29, 1.82) is 0 Å². The first kappa shape index (κ1) is 23.2. The van der Waals surface area contributed by atoms with Crippen LogP contribution in [-0.4, -0.2) is 34.9 Å². The molecule has 0 fully saturated rings. The Labute approximate surface area is 198 Å². The Kier molecular flexibility index (Phi) is 6.72. The third kappa shape index (κ3) is 4.98. The van der Waals surface area contributed by atoms with Crippen molar-refractivity contribution in [2.24, 2.45) is 0 Å². The van der Waals surface area contributed by atoms with Crippen LogP contribution in [0.25, 0.3) is 21.8 Å². The highest BCUT2D eigenvalue weighted by Crippen LogP contribution is 2.30. The van der Waals surface area contributed by atoms with Crippen molar-refractivity contribution < 1.29 is 9.59 Å². The van der Waals surface area contributed by atoms with Gasteiger partial charge >= 0.3 is 0 Å². The van der Waals surface area contributed by atoms with E-state index in [2.05, 4.69) is 32.7 Å². The summed E-state index contributed by atoms with van der Waals surface area (Å²) in [4.78, 5) is 32.4. The number of rotatable bonds is 7. The zero-order valence-corrected chi connectivity index (χ0v) is 19.7. The van der Waals surface area contributed by atoms with Crippen LogP contribution in [-0.2, 0) is 17.6 Å².